The van der Waals surface area contributed by atoms with Gasteiger partial charge >= 0.3 is 0 Å². The number of nitrogens with zero attached hydrogens (tertiary/aromatic N) is 4. The zero-order valence-electron chi connectivity index (χ0n) is 15.0. The van der Waals surface area contributed by atoms with Crippen molar-refractivity contribution in [1.82, 2.24) is 19.6 Å². The maximum Gasteiger partial charge on any atom is 0.0120 e. The fraction of sp³-hybridized carbons (Fsp3) is 1.00. The predicted molar refractivity (Wildman–Crippen MR) is 93.4 cm³/mol. The van der Waals surface area contributed by atoms with Crippen LogP contribution in [0.3, 0.4) is 0 Å². The molecule has 0 aromatic carbocycles. The quantitative estimate of drug-likeness (QED) is 0.784. The van der Waals surface area contributed by atoms with E-state index in [2.05, 4.69) is 40.7 Å². The van der Waals surface area contributed by atoms with E-state index in [4.69, 9.17) is 0 Å². The summed E-state index contributed by atoms with van der Waals surface area (Å²) in [6.07, 6.45) is 8.26. The molecule has 3 aliphatic heterocycles. The molecule has 4 heteroatoms. The van der Waals surface area contributed by atoms with Gasteiger partial charge in [-0.05, 0) is 98.9 Å². The molecule has 0 atom stereocenters. The van der Waals surface area contributed by atoms with E-state index in [1.54, 1.807) is 0 Å². The molecule has 0 aromatic heterocycles. The monoisotopic (exact) mass is 308 g/mol. The molecule has 0 saturated carbocycles. The van der Waals surface area contributed by atoms with Crippen molar-refractivity contribution in [1.29, 1.82) is 0 Å². The standard InChI is InChI=1S/C18H36N4/c1-19-10-4-16(5-11-19)21(3)17-8-14-22(15-9-17)18-6-12-20(2)13-7-18/h16-18H,4-15H2,1-3H3. The van der Waals surface area contributed by atoms with Gasteiger partial charge in [0.1, 0.15) is 0 Å². The maximum atomic E-state index is 2.80. The summed E-state index contributed by atoms with van der Waals surface area (Å²) in [6.45, 7) is 7.80. The molecule has 3 aliphatic rings. The second-order valence-electron chi connectivity index (χ2n) is 8.00. The Morgan fingerprint density at radius 2 is 1.05 bits per heavy atom. The normalized spacial score (nSPS) is 29.5. The zero-order chi connectivity index (χ0) is 15.5. The molecule has 3 saturated heterocycles. The van der Waals surface area contributed by atoms with Crippen LogP contribution in [0, 0.1) is 0 Å². The van der Waals surface area contributed by atoms with Gasteiger partial charge in [-0.25, -0.2) is 0 Å². The summed E-state index contributed by atoms with van der Waals surface area (Å²) in [5, 5.41) is 0. The maximum absolute atomic E-state index is 2.80. The Labute approximate surface area is 137 Å². The summed E-state index contributed by atoms with van der Waals surface area (Å²) in [4.78, 5) is 10.5. The molecule has 128 valence electrons. The van der Waals surface area contributed by atoms with Crippen LogP contribution in [0.5, 0.6) is 0 Å². The molecule has 0 bridgehead atoms. The molecular formula is C18H36N4. The van der Waals surface area contributed by atoms with Gasteiger partial charge in [0.25, 0.3) is 0 Å². The van der Waals surface area contributed by atoms with Crippen LogP contribution in [0.25, 0.3) is 0 Å². The van der Waals surface area contributed by atoms with E-state index >= 15 is 0 Å². The van der Waals surface area contributed by atoms with Gasteiger partial charge in [0, 0.05) is 18.1 Å². The van der Waals surface area contributed by atoms with Crippen molar-refractivity contribution in [3.63, 3.8) is 0 Å². The zero-order valence-corrected chi connectivity index (χ0v) is 15.0. The van der Waals surface area contributed by atoms with Gasteiger partial charge in [-0.2, -0.15) is 0 Å². The van der Waals surface area contributed by atoms with Crippen LogP contribution >= 0.6 is 0 Å². The summed E-state index contributed by atoms with van der Waals surface area (Å²) in [6, 6.07) is 2.53. The largest absolute Gasteiger partial charge is 0.306 e. The first-order valence-electron chi connectivity index (χ1n) is 9.46. The van der Waals surface area contributed by atoms with Gasteiger partial charge in [0.05, 0.1) is 0 Å². The molecule has 4 nitrogen and oxygen atoms in total. The molecule has 0 aliphatic carbocycles. The highest BCUT2D eigenvalue weighted by Crippen LogP contribution is 2.25. The van der Waals surface area contributed by atoms with Gasteiger partial charge in [0.15, 0.2) is 0 Å². The average Bonchev–Trinajstić information content (AvgIpc) is 2.56. The number of hydrogen-bond acceptors (Lipinski definition) is 4. The molecule has 0 unspecified atom stereocenters. The summed E-state index contributed by atoms with van der Waals surface area (Å²) < 4.78 is 0. The first kappa shape index (κ1) is 16.7. The first-order valence-corrected chi connectivity index (χ1v) is 9.46. The van der Waals surface area contributed by atoms with Crippen LogP contribution in [0.2, 0.25) is 0 Å². The van der Waals surface area contributed by atoms with Crippen molar-refractivity contribution < 1.29 is 0 Å². The minimum absolute atomic E-state index is 0.830. The molecule has 22 heavy (non-hydrogen) atoms. The lowest BCUT2D eigenvalue weighted by molar-refractivity contribution is 0.0398. The van der Waals surface area contributed by atoms with Crippen LogP contribution in [0.15, 0.2) is 0 Å². The lowest BCUT2D eigenvalue weighted by Crippen LogP contribution is -2.53. The molecule has 0 spiro atoms. The van der Waals surface area contributed by atoms with Gasteiger partial charge < -0.3 is 19.6 Å². The molecule has 0 amide bonds. The van der Waals surface area contributed by atoms with Gasteiger partial charge in [0.2, 0.25) is 0 Å². The second-order valence-corrected chi connectivity index (χ2v) is 8.00. The fourth-order valence-electron chi connectivity index (χ4n) is 4.72. The lowest BCUT2D eigenvalue weighted by atomic mass is 9.95. The molecule has 3 fully saturated rings. The van der Waals surface area contributed by atoms with E-state index in [9.17, 15) is 0 Å². The predicted octanol–water partition coefficient (Wildman–Crippen LogP) is 1.57. The Balaban J connectivity index is 1.43. The number of hydrogen-bond donors (Lipinski definition) is 0. The Morgan fingerprint density at radius 3 is 1.55 bits per heavy atom. The second kappa shape index (κ2) is 7.61. The fourth-order valence-corrected chi connectivity index (χ4v) is 4.72. The smallest absolute Gasteiger partial charge is 0.0120 e. The Bertz CT molecular complexity index is 324. The van der Waals surface area contributed by atoms with Crippen molar-refractivity contribution in [3.05, 3.63) is 0 Å². The molecular weight excluding hydrogens is 272 g/mol. The highest BCUT2D eigenvalue weighted by molar-refractivity contribution is 4.88. The van der Waals surface area contributed by atoms with Gasteiger partial charge in [-0.1, -0.05) is 0 Å². The van der Waals surface area contributed by atoms with Crippen LogP contribution in [0.1, 0.15) is 38.5 Å². The topological polar surface area (TPSA) is 13.0 Å². The van der Waals surface area contributed by atoms with Gasteiger partial charge in [-0.3, -0.25) is 0 Å². The third-order valence-electron chi connectivity index (χ3n) is 6.54. The third-order valence-corrected chi connectivity index (χ3v) is 6.54. The van der Waals surface area contributed by atoms with Crippen LogP contribution in [0.4, 0.5) is 0 Å². The van der Waals surface area contributed by atoms with Crippen molar-refractivity contribution in [2.45, 2.75) is 56.7 Å². The minimum atomic E-state index is 0.830. The van der Waals surface area contributed by atoms with E-state index in [1.165, 1.54) is 77.8 Å². The van der Waals surface area contributed by atoms with E-state index in [1.807, 2.05) is 0 Å². The van der Waals surface area contributed by atoms with E-state index < -0.39 is 0 Å². The van der Waals surface area contributed by atoms with E-state index in [0.29, 0.717) is 0 Å². The summed E-state index contributed by atoms with van der Waals surface area (Å²) in [5.74, 6) is 0. The summed E-state index contributed by atoms with van der Waals surface area (Å²) in [5.41, 5.74) is 0. The Kier molecular flexibility index (Phi) is 5.77. The number of piperidine rings is 3. The molecule has 3 rings (SSSR count). The van der Waals surface area contributed by atoms with Gasteiger partial charge in [-0.15, -0.1) is 0 Å². The summed E-state index contributed by atoms with van der Waals surface area (Å²) >= 11 is 0. The average molecular weight is 309 g/mol. The van der Waals surface area contributed by atoms with Crippen molar-refractivity contribution in [2.24, 2.45) is 0 Å². The summed E-state index contributed by atoms with van der Waals surface area (Å²) in [7, 11) is 6.92. The molecule has 3 heterocycles. The molecule has 0 aromatic rings. The number of rotatable bonds is 3. The highest BCUT2D eigenvalue weighted by atomic mass is 15.2. The highest BCUT2D eigenvalue weighted by Gasteiger charge is 2.31. The van der Waals surface area contributed by atoms with Crippen molar-refractivity contribution in [2.75, 3.05) is 60.4 Å². The lowest BCUT2D eigenvalue weighted by Gasteiger charge is -2.45. The van der Waals surface area contributed by atoms with E-state index in [-0.39, 0.29) is 0 Å². The SMILES string of the molecule is CN1CCC(N2CCC(N(C)C3CCN(C)CC3)CC2)CC1. The van der Waals surface area contributed by atoms with E-state index in [0.717, 1.165) is 18.1 Å². The van der Waals surface area contributed by atoms with Crippen molar-refractivity contribution >= 4 is 0 Å². The Morgan fingerprint density at radius 1 is 0.636 bits per heavy atom. The van der Waals surface area contributed by atoms with Crippen LogP contribution in [-0.4, -0.2) is 98.1 Å². The molecule has 0 radical (unpaired) electrons. The Hall–Kier alpha value is -0.160. The third kappa shape index (κ3) is 4.02. The minimum Gasteiger partial charge on any atom is -0.306 e. The molecule has 0 N–H and O–H groups in total. The first-order chi connectivity index (χ1) is 10.6. The van der Waals surface area contributed by atoms with Crippen molar-refractivity contribution in [3.8, 4) is 0 Å². The number of likely N-dealkylation sites (tertiary alicyclic amines) is 3. The van der Waals surface area contributed by atoms with Crippen LogP contribution < -0.4 is 0 Å². The van der Waals surface area contributed by atoms with Crippen LogP contribution in [-0.2, 0) is 0 Å².